The Bertz CT molecular complexity index is 452. The summed E-state index contributed by atoms with van der Waals surface area (Å²) in [5, 5.41) is 8.75. The molecule has 0 aromatic heterocycles. The highest BCUT2D eigenvalue weighted by Crippen LogP contribution is 2.37. The van der Waals surface area contributed by atoms with Crippen molar-refractivity contribution in [2.75, 3.05) is 5.73 Å². The predicted molar refractivity (Wildman–Crippen MR) is 52.3 cm³/mol. The van der Waals surface area contributed by atoms with Crippen molar-refractivity contribution < 1.29 is 23.1 Å². The second-order valence-corrected chi connectivity index (χ2v) is 3.46. The molecule has 0 radical (unpaired) electrons. The number of hydrogen-bond donors (Lipinski definition) is 2. The minimum atomic E-state index is -4.53. The first-order valence-electron chi connectivity index (χ1n) is 4.36. The molecule has 88 valence electrons. The Morgan fingerprint density at radius 1 is 1.38 bits per heavy atom. The van der Waals surface area contributed by atoms with Gasteiger partial charge in [-0.2, -0.15) is 13.2 Å². The van der Waals surface area contributed by atoms with Crippen LogP contribution >= 0.6 is 0 Å². The van der Waals surface area contributed by atoms with Crippen LogP contribution in [0.1, 0.15) is 27.0 Å². The Hall–Kier alpha value is -1.72. The quantitative estimate of drug-likeness (QED) is 0.733. The lowest BCUT2D eigenvalue weighted by Gasteiger charge is -2.16. The molecule has 1 aromatic rings. The summed E-state index contributed by atoms with van der Waals surface area (Å²) in [5.74, 6) is -1.34. The lowest BCUT2D eigenvalue weighted by molar-refractivity contribution is -0.138. The van der Waals surface area contributed by atoms with E-state index in [-0.39, 0.29) is 22.4 Å². The maximum Gasteiger partial charge on any atom is 0.416 e. The van der Waals surface area contributed by atoms with Gasteiger partial charge in [-0.3, -0.25) is 0 Å². The van der Waals surface area contributed by atoms with Crippen molar-refractivity contribution in [2.45, 2.75) is 20.0 Å². The van der Waals surface area contributed by atoms with Gasteiger partial charge in [-0.05, 0) is 31.0 Å². The molecule has 1 rings (SSSR count). The van der Waals surface area contributed by atoms with Crippen molar-refractivity contribution in [3.05, 3.63) is 28.3 Å². The number of nitrogens with two attached hydrogens (primary N) is 1. The third kappa shape index (κ3) is 1.95. The molecule has 0 atom stereocenters. The zero-order chi connectivity index (χ0) is 12.7. The maximum atomic E-state index is 12.6. The normalized spacial score (nSPS) is 11.6. The number of hydrogen-bond acceptors (Lipinski definition) is 2. The molecule has 0 aliphatic carbocycles. The maximum absolute atomic E-state index is 12.6. The van der Waals surface area contributed by atoms with E-state index in [9.17, 15) is 18.0 Å². The molecule has 0 saturated heterocycles. The summed E-state index contributed by atoms with van der Waals surface area (Å²) in [7, 11) is 0. The van der Waals surface area contributed by atoms with E-state index in [0.29, 0.717) is 0 Å². The van der Waals surface area contributed by atoms with Crippen LogP contribution in [0, 0.1) is 13.8 Å². The van der Waals surface area contributed by atoms with Crippen molar-refractivity contribution in [1.29, 1.82) is 0 Å². The molecule has 0 heterocycles. The van der Waals surface area contributed by atoms with Crippen LogP contribution in [0.25, 0.3) is 0 Å². The Morgan fingerprint density at radius 3 is 2.25 bits per heavy atom. The molecule has 0 bridgehead atoms. The second-order valence-electron chi connectivity index (χ2n) is 3.46. The van der Waals surface area contributed by atoms with Crippen LogP contribution in [0.4, 0.5) is 18.9 Å². The van der Waals surface area contributed by atoms with Gasteiger partial charge in [-0.1, -0.05) is 0 Å². The van der Waals surface area contributed by atoms with Crippen LogP contribution in [-0.2, 0) is 6.18 Å². The molecule has 16 heavy (non-hydrogen) atoms. The van der Waals surface area contributed by atoms with Crippen LogP contribution in [0.3, 0.4) is 0 Å². The van der Waals surface area contributed by atoms with Crippen LogP contribution in [0.15, 0.2) is 6.07 Å². The van der Waals surface area contributed by atoms with Crippen molar-refractivity contribution in [2.24, 2.45) is 0 Å². The number of aromatic carboxylic acids is 1. The number of anilines is 1. The highest BCUT2D eigenvalue weighted by atomic mass is 19.4. The van der Waals surface area contributed by atoms with Gasteiger partial charge in [0.15, 0.2) is 0 Å². The van der Waals surface area contributed by atoms with Crippen molar-refractivity contribution in [3.63, 3.8) is 0 Å². The Morgan fingerprint density at radius 2 is 1.88 bits per heavy atom. The Balaban J connectivity index is 3.59. The number of halogens is 3. The van der Waals surface area contributed by atoms with Gasteiger partial charge in [0.2, 0.25) is 0 Å². The van der Waals surface area contributed by atoms with E-state index in [1.165, 1.54) is 6.92 Å². The number of rotatable bonds is 1. The number of aryl methyl sites for hydroxylation is 1. The highest BCUT2D eigenvalue weighted by molar-refractivity contribution is 5.95. The number of alkyl halides is 3. The minimum Gasteiger partial charge on any atom is -0.478 e. The number of carboxylic acid groups (broad SMARTS) is 1. The monoisotopic (exact) mass is 233 g/mol. The molecule has 3 nitrogen and oxygen atoms in total. The van der Waals surface area contributed by atoms with Crippen LogP contribution in [-0.4, -0.2) is 11.1 Å². The zero-order valence-corrected chi connectivity index (χ0v) is 8.64. The third-order valence-electron chi connectivity index (χ3n) is 2.34. The van der Waals surface area contributed by atoms with Crippen LogP contribution < -0.4 is 5.73 Å². The van der Waals surface area contributed by atoms with Gasteiger partial charge in [0.05, 0.1) is 11.1 Å². The highest BCUT2D eigenvalue weighted by Gasteiger charge is 2.35. The average molecular weight is 233 g/mol. The standard InChI is InChI=1S/C10H10F3NO2/c1-4-3-6(9(15)16)8(14)5(2)7(4)10(11,12)13/h3H,14H2,1-2H3,(H,15,16). The lowest BCUT2D eigenvalue weighted by Crippen LogP contribution is -2.15. The molecule has 0 fully saturated rings. The third-order valence-corrected chi connectivity index (χ3v) is 2.34. The topological polar surface area (TPSA) is 63.3 Å². The lowest BCUT2D eigenvalue weighted by atomic mass is 9.96. The smallest absolute Gasteiger partial charge is 0.416 e. The first kappa shape index (κ1) is 12.4. The predicted octanol–water partition coefficient (Wildman–Crippen LogP) is 2.60. The van der Waals surface area contributed by atoms with Gasteiger partial charge >= 0.3 is 12.1 Å². The minimum absolute atomic E-state index is 0.142. The number of nitrogen functional groups attached to an aromatic ring is 1. The largest absolute Gasteiger partial charge is 0.478 e. The molecule has 0 amide bonds. The van der Waals surface area contributed by atoms with Gasteiger partial charge in [-0.15, -0.1) is 0 Å². The van der Waals surface area contributed by atoms with Gasteiger partial charge in [0, 0.05) is 5.69 Å². The number of benzene rings is 1. The molecular weight excluding hydrogens is 223 g/mol. The van der Waals surface area contributed by atoms with E-state index >= 15 is 0 Å². The van der Waals surface area contributed by atoms with Gasteiger partial charge in [0.25, 0.3) is 0 Å². The molecule has 0 saturated carbocycles. The van der Waals surface area contributed by atoms with E-state index < -0.39 is 17.7 Å². The van der Waals surface area contributed by atoms with Crippen molar-refractivity contribution in [3.8, 4) is 0 Å². The van der Waals surface area contributed by atoms with Gasteiger partial charge in [0.1, 0.15) is 0 Å². The molecule has 6 heteroatoms. The van der Waals surface area contributed by atoms with Crippen LogP contribution in [0.5, 0.6) is 0 Å². The summed E-state index contributed by atoms with van der Waals surface area (Å²) < 4.78 is 37.9. The fourth-order valence-corrected chi connectivity index (χ4v) is 1.61. The molecule has 3 N–H and O–H groups in total. The Labute approximate surface area is 89.7 Å². The number of carboxylic acids is 1. The summed E-state index contributed by atoms with van der Waals surface area (Å²) >= 11 is 0. The van der Waals surface area contributed by atoms with E-state index in [2.05, 4.69) is 0 Å². The van der Waals surface area contributed by atoms with Crippen LogP contribution in [0.2, 0.25) is 0 Å². The summed E-state index contributed by atoms with van der Waals surface area (Å²) in [6.07, 6.45) is -4.53. The molecule has 0 aliphatic heterocycles. The molecular formula is C10H10F3NO2. The van der Waals surface area contributed by atoms with E-state index in [0.717, 1.165) is 13.0 Å². The van der Waals surface area contributed by atoms with E-state index in [1.54, 1.807) is 0 Å². The summed E-state index contributed by atoms with van der Waals surface area (Å²) in [6.45, 7) is 2.37. The molecule has 0 unspecified atom stereocenters. The second kappa shape index (κ2) is 3.70. The average Bonchev–Trinajstić information content (AvgIpc) is 2.08. The van der Waals surface area contributed by atoms with Crippen molar-refractivity contribution >= 4 is 11.7 Å². The summed E-state index contributed by atoms with van der Waals surface area (Å²) in [4.78, 5) is 10.7. The van der Waals surface area contributed by atoms with E-state index in [1.807, 2.05) is 0 Å². The zero-order valence-electron chi connectivity index (χ0n) is 8.64. The molecule has 1 aromatic carbocycles. The van der Waals surface area contributed by atoms with Crippen molar-refractivity contribution in [1.82, 2.24) is 0 Å². The first-order valence-corrected chi connectivity index (χ1v) is 4.36. The molecule has 0 spiro atoms. The summed E-state index contributed by atoms with van der Waals surface area (Å²) in [6, 6.07) is 0.938. The summed E-state index contributed by atoms with van der Waals surface area (Å²) in [5.41, 5.74) is 3.47. The molecule has 0 aliphatic rings. The SMILES string of the molecule is Cc1cc(C(=O)O)c(N)c(C)c1C(F)(F)F. The fourth-order valence-electron chi connectivity index (χ4n) is 1.61. The van der Waals surface area contributed by atoms with E-state index in [4.69, 9.17) is 10.8 Å². The van der Waals surface area contributed by atoms with Gasteiger partial charge in [-0.25, -0.2) is 4.79 Å². The fraction of sp³-hybridized carbons (Fsp3) is 0.300. The first-order chi connectivity index (χ1) is 7.16. The number of carbonyl (C=O) groups is 1. The van der Waals surface area contributed by atoms with Gasteiger partial charge < -0.3 is 10.8 Å². The Kier molecular flexibility index (Phi) is 2.85.